The molecule has 6 atom stereocenters. The van der Waals surface area contributed by atoms with Crippen molar-refractivity contribution in [1.82, 2.24) is 0 Å². The predicted octanol–water partition coefficient (Wildman–Crippen LogP) is 2.06. The molecule has 0 aromatic heterocycles. The molecule has 1 fully saturated rings. The fourth-order valence-corrected chi connectivity index (χ4v) is 3.20. The van der Waals surface area contributed by atoms with E-state index in [0.29, 0.717) is 0 Å². The van der Waals surface area contributed by atoms with E-state index < -0.39 is 39.0 Å². The molecule has 0 radical (unpaired) electrons. The fraction of sp³-hybridized carbons (Fsp3) is 0.882. The third-order valence-electron chi connectivity index (χ3n) is 5.00. The maximum Gasteiger partial charge on any atom is 0.192 e. The Morgan fingerprint density at radius 3 is 2.29 bits per heavy atom. The Bertz CT molecular complexity index is 406. The second kappa shape index (κ2) is 8.40. The number of rotatable bonds is 7. The average Bonchev–Trinajstić information content (AvgIpc) is 2.49. The van der Waals surface area contributed by atoms with Crippen LogP contribution in [0.15, 0.2) is 12.7 Å². The number of hydrogen-bond donors (Lipinski definition) is 2. The number of methoxy groups -OCH3 is 1. The summed E-state index contributed by atoms with van der Waals surface area (Å²) >= 11 is 0. The molecule has 0 spiro atoms. The van der Waals surface area contributed by atoms with Crippen molar-refractivity contribution in [2.75, 3.05) is 13.7 Å². The highest BCUT2D eigenvalue weighted by molar-refractivity contribution is 6.74. The van der Waals surface area contributed by atoms with E-state index in [0.717, 1.165) is 0 Å². The van der Waals surface area contributed by atoms with Crippen LogP contribution in [0.1, 0.15) is 27.7 Å². The summed E-state index contributed by atoms with van der Waals surface area (Å²) in [5.41, 5.74) is 0. The molecule has 24 heavy (non-hydrogen) atoms. The lowest BCUT2D eigenvalue weighted by atomic mass is 9.99. The van der Waals surface area contributed by atoms with Gasteiger partial charge < -0.3 is 28.8 Å². The van der Waals surface area contributed by atoms with Crippen LogP contribution in [0.4, 0.5) is 0 Å². The predicted molar refractivity (Wildman–Crippen MR) is 95.4 cm³/mol. The number of aliphatic hydroxyl groups excluding tert-OH is 2. The first-order valence-corrected chi connectivity index (χ1v) is 11.3. The molecule has 0 aromatic rings. The van der Waals surface area contributed by atoms with Crippen LogP contribution in [0.25, 0.3) is 0 Å². The van der Waals surface area contributed by atoms with Gasteiger partial charge >= 0.3 is 0 Å². The number of hydrogen-bond acceptors (Lipinski definition) is 6. The summed E-state index contributed by atoms with van der Waals surface area (Å²) in [6.45, 7) is 16.3. The Labute approximate surface area is 146 Å². The Balaban J connectivity index is 2.78. The highest BCUT2D eigenvalue weighted by atomic mass is 28.4. The fourth-order valence-electron chi connectivity index (χ4n) is 2.19. The lowest BCUT2D eigenvalue weighted by Crippen LogP contribution is -2.61. The molecule has 1 aliphatic heterocycles. The van der Waals surface area contributed by atoms with E-state index in [2.05, 4.69) is 40.4 Å². The molecule has 0 unspecified atom stereocenters. The van der Waals surface area contributed by atoms with Crippen molar-refractivity contribution in [1.29, 1.82) is 0 Å². The molecule has 1 heterocycles. The van der Waals surface area contributed by atoms with Crippen molar-refractivity contribution < 1.29 is 28.8 Å². The third-order valence-corrected chi connectivity index (χ3v) is 9.50. The normalized spacial score (nSPS) is 33.3. The van der Waals surface area contributed by atoms with Gasteiger partial charge in [-0.15, -0.1) is 6.58 Å². The molecule has 6 nitrogen and oxygen atoms in total. The first-order valence-electron chi connectivity index (χ1n) is 8.41. The minimum Gasteiger partial charge on any atom is -0.414 e. The molecule has 7 heteroatoms. The summed E-state index contributed by atoms with van der Waals surface area (Å²) in [6, 6.07) is 0. The van der Waals surface area contributed by atoms with Gasteiger partial charge in [0.2, 0.25) is 0 Å². The van der Waals surface area contributed by atoms with Crippen molar-refractivity contribution in [3.8, 4) is 0 Å². The van der Waals surface area contributed by atoms with E-state index in [4.69, 9.17) is 18.6 Å². The molecule has 1 rings (SSSR count). The average molecular weight is 363 g/mol. The second-order valence-corrected chi connectivity index (χ2v) is 12.7. The SMILES string of the molecule is C=C[C@@H](C)O[C@@H]1[C@@H](OC)O[C@H](CO[Si](C)(C)C(C)(C)C)[C@@H](O)[C@@H]1O. The summed E-state index contributed by atoms with van der Waals surface area (Å²) in [4.78, 5) is 0. The van der Waals surface area contributed by atoms with Gasteiger partial charge in [-0.2, -0.15) is 0 Å². The summed E-state index contributed by atoms with van der Waals surface area (Å²) in [7, 11) is -0.498. The number of aliphatic hydroxyl groups is 2. The number of ether oxygens (including phenoxy) is 3. The van der Waals surface area contributed by atoms with E-state index >= 15 is 0 Å². The van der Waals surface area contributed by atoms with Crippen molar-refractivity contribution >= 4 is 8.32 Å². The van der Waals surface area contributed by atoms with Gasteiger partial charge in [0.25, 0.3) is 0 Å². The molecule has 2 N–H and O–H groups in total. The summed E-state index contributed by atoms with van der Waals surface area (Å²) in [5.74, 6) is 0. The summed E-state index contributed by atoms with van der Waals surface area (Å²) in [6.07, 6.45) is -3.15. The summed E-state index contributed by atoms with van der Waals surface area (Å²) < 4.78 is 22.9. The lowest BCUT2D eigenvalue weighted by molar-refractivity contribution is -0.306. The van der Waals surface area contributed by atoms with E-state index in [1.165, 1.54) is 7.11 Å². The van der Waals surface area contributed by atoms with Crippen LogP contribution < -0.4 is 0 Å². The topological polar surface area (TPSA) is 77.4 Å². The molecule has 0 bridgehead atoms. The minimum atomic E-state index is -1.98. The monoisotopic (exact) mass is 362 g/mol. The van der Waals surface area contributed by atoms with Crippen LogP contribution >= 0.6 is 0 Å². The Morgan fingerprint density at radius 1 is 1.25 bits per heavy atom. The van der Waals surface area contributed by atoms with E-state index in [9.17, 15) is 10.2 Å². The standard InChI is InChI=1S/C17H34O6Si/c1-9-11(2)22-15-14(19)13(18)12(23-16(15)20-6)10-21-24(7,8)17(3,4)5/h9,11-16,18-19H,1,10H2,2-8H3/t11-,12-,13-,14+,15+,16+/m1/s1. The maximum atomic E-state index is 10.4. The van der Waals surface area contributed by atoms with Crippen LogP contribution in [-0.4, -0.2) is 69.1 Å². The molecule has 1 aliphatic rings. The van der Waals surface area contributed by atoms with Gasteiger partial charge in [-0.3, -0.25) is 0 Å². The van der Waals surface area contributed by atoms with Crippen LogP contribution in [0.3, 0.4) is 0 Å². The lowest BCUT2D eigenvalue weighted by Gasteiger charge is -2.44. The van der Waals surface area contributed by atoms with Gasteiger partial charge in [-0.25, -0.2) is 0 Å². The van der Waals surface area contributed by atoms with Crippen LogP contribution in [-0.2, 0) is 18.6 Å². The van der Waals surface area contributed by atoms with Crippen molar-refractivity contribution in [3.63, 3.8) is 0 Å². The van der Waals surface area contributed by atoms with Gasteiger partial charge in [0.15, 0.2) is 14.6 Å². The van der Waals surface area contributed by atoms with Gasteiger partial charge in [-0.1, -0.05) is 26.8 Å². The quantitative estimate of drug-likeness (QED) is 0.533. The highest BCUT2D eigenvalue weighted by Crippen LogP contribution is 2.37. The Hall–Kier alpha value is -0.283. The minimum absolute atomic E-state index is 0.0525. The second-order valence-electron chi connectivity index (χ2n) is 7.87. The van der Waals surface area contributed by atoms with Crippen LogP contribution in [0.5, 0.6) is 0 Å². The van der Waals surface area contributed by atoms with Gasteiger partial charge in [0, 0.05) is 7.11 Å². The molecular weight excluding hydrogens is 328 g/mol. The molecule has 0 saturated carbocycles. The molecule has 0 aliphatic carbocycles. The first kappa shape index (κ1) is 21.8. The van der Waals surface area contributed by atoms with Crippen LogP contribution in [0, 0.1) is 0 Å². The largest absolute Gasteiger partial charge is 0.414 e. The zero-order valence-corrected chi connectivity index (χ0v) is 17.0. The van der Waals surface area contributed by atoms with Crippen molar-refractivity contribution in [3.05, 3.63) is 12.7 Å². The Morgan fingerprint density at radius 2 is 1.83 bits per heavy atom. The van der Waals surface area contributed by atoms with Crippen molar-refractivity contribution in [2.24, 2.45) is 0 Å². The van der Waals surface area contributed by atoms with Crippen LogP contribution in [0.2, 0.25) is 18.1 Å². The zero-order valence-electron chi connectivity index (χ0n) is 16.0. The highest BCUT2D eigenvalue weighted by Gasteiger charge is 2.47. The zero-order chi connectivity index (χ0) is 18.7. The van der Waals surface area contributed by atoms with Gasteiger partial charge in [-0.05, 0) is 25.1 Å². The van der Waals surface area contributed by atoms with Gasteiger partial charge in [0.05, 0.1) is 12.7 Å². The smallest absolute Gasteiger partial charge is 0.192 e. The maximum absolute atomic E-state index is 10.4. The van der Waals surface area contributed by atoms with E-state index in [-0.39, 0.29) is 17.7 Å². The molecule has 0 amide bonds. The third kappa shape index (κ3) is 5.11. The molecular formula is C17H34O6Si. The Kier molecular flexibility index (Phi) is 7.61. The molecule has 142 valence electrons. The van der Waals surface area contributed by atoms with Gasteiger partial charge in [0.1, 0.15) is 24.4 Å². The molecule has 1 saturated heterocycles. The van der Waals surface area contributed by atoms with Crippen molar-refractivity contribution in [2.45, 2.75) is 82.6 Å². The molecule has 0 aromatic carbocycles. The summed E-state index contributed by atoms with van der Waals surface area (Å²) in [5, 5.41) is 20.9. The first-order chi connectivity index (χ1) is 10.9. The van der Waals surface area contributed by atoms with E-state index in [1.807, 2.05) is 0 Å². The van der Waals surface area contributed by atoms with E-state index in [1.54, 1.807) is 13.0 Å².